The fourth-order valence-corrected chi connectivity index (χ4v) is 2.89. The Labute approximate surface area is 136 Å². The van der Waals surface area contributed by atoms with Crippen LogP contribution >= 0.6 is 11.8 Å². The molecule has 0 atom stereocenters. The molecule has 0 spiro atoms. The number of carbonyl (C=O) groups is 1. The zero-order valence-corrected chi connectivity index (χ0v) is 14.2. The molecule has 0 fully saturated rings. The minimum atomic E-state index is 0.749. The molecular formula is C19H22O2S. The Kier molecular flexibility index (Phi) is 6.08. The number of carbonyl (C=O) groups excluding carboxylic acids is 1. The van der Waals surface area contributed by atoms with E-state index in [1.165, 1.54) is 0 Å². The molecule has 2 rings (SSSR count). The molecule has 0 amide bonds. The molecule has 2 aromatic carbocycles. The fraction of sp³-hybridized carbons (Fsp3) is 0.316. The zero-order valence-electron chi connectivity index (χ0n) is 13.4. The van der Waals surface area contributed by atoms with Gasteiger partial charge in [-0.05, 0) is 66.7 Å². The number of hydrogen-bond acceptors (Lipinski definition) is 3. The minimum absolute atomic E-state index is 0.749. The number of ether oxygens (including phenoxy) is 1. The molecule has 116 valence electrons. The van der Waals surface area contributed by atoms with Crippen molar-refractivity contribution in [2.75, 3.05) is 18.6 Å². The minimum Gasteiger partial charge on any atom is -0.494 e. The van der Waals surface area contributed by atoms with Gasteiger partial charge in [0.05, 0.1) is 6.61 Å². The third-order valence-corrected chi connectivity index (χ3v) is 4.47. The average molecular weight is 314 g/mol. The predicted octanol–water partition coefficient (Wildman–Crippen LogP) is 4.91. The highest BCUT2D eigenvalue weighted by atomic mass is 32.2. The summed E-state index contributed by atoms with van der Waals surface area (Å²) in [4.78, 5) is 11.2. The number of aryl methyl sites for hydroxylation is 1. The Morgan fingerprint density at radius 3 is 2.45 bits per heavy atom. The lowest BCUT2D eigenvalue weighted by molar-refractivity contribution is 0.112. The van der Waals surface area contributed by atoms with Gasteiger partial charge in [-0.2, -0.15) is 11.8 Å². The van der Waals surface area contributed by atoms with Crippen molar-refractivity contribution in [3.8, 4) is 16.9 Å². The van der Waals surface area contributed by atoms with Crippen LogP contribution in [0.25, 0.3) is 11.1 Å². The molecule has 0 saturated carbocycles. The van der Waals surface area contributed by atoms with Gasteiger partial charge in [0, 0.05) is 5.56 Å². The molecule has 22 heavy (non-hydrogen) atoms. The molecule has 0 aliphatic carbocycles. The molecule has 0 heterocycles. The Bertz CT molecular complexity index is 633. The van der Waals surface area contributed by atoms with Gasteiger partial charge in [-0.15, -0.1) is 0 Å². The molecule has 2 aromatic rings. The van der Waals surface area contributed by atoms with Gasteiger partial charge in [0.2, 0.25) is 0 Å². The molecule has 0 aliphatic heterocycles. The summed E-state index contributed by atoms with van der Waals surface area (Å²) in [6.45, 7) is 4.71. The van der Waals surface area contributed by atoms with E-state index in [2.05, 4.69) is 24.5 Å². The van der Waals surface area contributed by atoms with E-state index in [1.807, 2.05) is 43.8 Å². The Morgan fingerprint density at radius 1 is 1.09 bits per heavy atom. The molecule has 3 heteroatoms. The van der Waals surface area contributed by atoms with Gasteiger partial charge >= 0.3 is 0 Å². The Morgan fingerprint density at radius 2 is 1.82 bits per heavy atom. The van der Waals surface area contributed by atoms with Gasteiger partial charge in [-0.25, -0.2) is 0 Å². The molecule has 2 nitrogen and oxygen atoms in total. The van der Waals surface area contributed by atoms with E-state index >= 15 is 0 Å². The molecule has 0 bridgehead atoms. The highest BCUT2D eigenvalue weighted by Crippen LogP contribution is 2.28. The second-order valence-electron chi connectivity index (χ2n) is 5.31. The number of hydrogen-bond donors (Lipinski definition) is 0. The van der Waals surface area contributed by atoms with Crippen LogP contribution < -0.4 is 4.74 Å². The van der Waals surface area contributed by atoms with Crippen LogP contribution in [0.3, 0.4) is 0 Å². The van der Waals surface area contributed by atoms with E-state index in [4.69, 9.17) is 4.74 Å². The third kappa shape index (κ3) is 3.92. The molecule has 0 aromatic heterocycles. The molecule has 0 saturated heterocycles. The zero-order chi connectivity index (χ0) is 15.9. The highest BCUT2D eigenvalue weighted by Gasteiger charge is 2.08. The lowest BCUT2D eigenvalue weighted by atomic mass is 9.94. The first-order valence-electron chi connectivity index (χ1n) is 7.45. The Hall–Kier alpha value is -1.74. The van der Waals surface area contributed by atoms with Gasteiger partial charge in [0.15, 0.2) is 6.29 Å². The molecule has 0 unspecified atom stereocenters. The fourth-order valence-electron chi connectivity index (χ4n) is 2.48. The first kappa shape index (κ1) is 16.6. The van der Waals surface area contributed by atoms with E-state index in [0.29, 0.717) is 0 Å². The van der Waals surface area contributed by atoms with Crippen LogP contribution in [0, 0.1) is 13.8 Å². The first-order valence-corrected chi connectivity index (χ1v) is 8.84. The third-order valence-electron chi connectivity index (χ3n) is 3.78. The molecule has 0 N–H and O–H groups in total. The number of thioether (sulfide) groups is 1. The first-order chi connectivity index (χ1) is 10.7. The largest absolute Gasteiger partial charge is 0.494 e. The quantitative estimate of drug-likeness (QED) is 0.536. The van der Waals surface area contributed by atoms with Gasteiger partial charge in [-0.1, -0.05) is 24.3 Å². The summed E-state index contributed by atoms with van der Waals surface area (Å²) in [5.41, 5.74) is 5.04. The topological polar surface area (TPSA) is 26.3 Å². The van der Waals surface area contributed by atoms with Crippen LogP contribution in [0.4, 0.5) is 0 Å². The Balaban J connectivity index is 2.15. The van der Waals surface area contributed by atoms with Crippen molar-refractivity contribution in [1.29, 1.82) is 0 Å². The number of aldehydes is 1. The lowest BCUT2D eigenvalue weighted by Crippen LogP contribution is -1.98. The van der Waals surface area contributed by atoms with Crippen molar-refractivity contribution < 1.29 is 9.53 Å². The summed E-state index contributed by atoms with van der Waals surface area (Å²) < 4.78 is 5.72. The van der Waals surface area contributed by atoms with Gasteiger partial charge in [0.1, 0.15) is 5.75 Å². The maximum Gasteiger partial charge on any atom is 0.150 e. The average Bonchev–Trinajstić information content (AvgIpc) is 2.53. The van der Waals surface area contributed by atoms with Crippen LogP contribution in [-0.2, 0) is 0 Å². The van der Waals surface area contributed by atoms with E-state index in [1.54, 1.807) is 0 Å². The maximum absolute atomic E-state index is 11.2. The second-order valence-corrected chi connectivity index (χ2v) is 6.29. The molecule has 0 radical (unpaired) electrons. The molecular weight excluding hydrogens is 292 g/mol. The summed E-state index contributed by atoms with van der Waals surface area (Å²) >= 11 is 1.83. The summed E-state index contributed by atoms with van der Waals surface area (Å²) in [7, 11) is 0. The number of benzene rings is 2. The van der Waals surface area contributed by atoms with Crippen LogP contribution in [0.2, 0.25) is 0 Å². The van der Waals surface area contributed by atoms with Crippen molar-refractivity contribution >= 4 is 18.0 Å². The molecule has 0 aliphatic rings. The van der Waals surface area contributed by atoms with Crippen molar-refractivity contribution in [2.45, 2.75) is 20.3 Å². The standard InChI is InChI=1S/C19H22O2S/c1-14-5-10-18(15(2)19(14)13-20)16-6-8-17(9-7-16)21-11-4-12-22-3/h5-10,13H,4,11-12H2,1-3H3. The second kappa shape index (κ2) is 8.04. The number of rotatable bonds is 7. The van der Waals surface area contributed by atoms with Crippen LogP contribution in [-0.4, -0.2) is 24.9 Å². The lowest BCUT2D eigenvalue weighted by Gasteiger charge is -2.12. The monoisotopic (exact) mass is 314 g/mol. The van der Waals surface area contributed by atoms with Gasteiger partial charge in [0.25, 0.3) is 0 Å². The van der Waals surface area contributed by atoms with Gasteiger partial charge < -0.3 is 4.74 Å². The maximum atomic E-state index is 11.2. The van der Waals surface area contributed by atoms with Crippen molar-refractivity contribution in [3.05, 3.63) is 53.1 Å². The van der Waals surface area contributed by atoms with Gasteiger partial charge in [-0.3, -0.25) is 4.79 Å². The van der Waals surface area contributed by atoms with Crippen molar-refractivity contribution in [1.82, 2.24) is 0 Å². The summed E-state index contributed by atoms with van der Waals surface area (Å²) in [6, 6.07) is 12.2. The van der Waals surface area contributed by atoms with Crippen LogP contribution in [0.1, 0.15) is 27.9 Å². The van der Waals surface area contributed by atoms with E-state index in [-0.39, 0.29) is 0 Å². The normalized spacial score (nSPS) is 10.5. The summed E-state index contributed by atoms with van der Waals surface area (Å²) in [5.74, 6) is 2.01. The van der Waals surface area contributed by atoms with Crippen LogP contribution in [0.5, 0.6) is 5.75 Å². The van der Waals surface area contributed by atoms with Crippen LogP contribution in [0.15, 0.2) is 36.4 Å². The van der Waals surface area contributed by atoms with E-state index in [9.17, 15) is 4.79 Å². The predicted molar refractivity (Wildman–Crippen MR) is 95.2 cm³/mol. The SMILES string of the molecule is CSCCCOc1ccc(-c2ccc(C)c(C=O)c2C)cc1. The summed E-state index contributed by atoms with van der Waals surface area (Å²) in [5, 5.41) is 0. The van der Waals surface area contributed by atoms with Crippen molar-refractivity contribution in [2.24, 2.45) is 0 Å². The van der Waals surface area contributed by atoms with E-state index < -0.39 is 0 Å². The summed E-state index contributed by atoms with van der Waals surface area (Å²) in [6.07, 6.45) is 4.10. The highest BCUT2D eigenvalue weighted by molar-refractivity contribution is 7.98. The van der Waals surface area contributed by atoms with E-state index in [0.717, 1.165) is 58.6 Å². The van der Waals surface area contributed by atoms with Crippen molar-refractivity contribution in [3.63, 3.8) is 0 Å². The smallest absolute Gasteiger partial charge is 0.150 e.